The Labute approximate surface area is 93.3 Å². The van der Waals surface area contributed by atoms with Gasteiger partial charge >= 0.3 is 0 Å². The summed E-state index contributed by atoms with van der Waals surface area (Å²) in [5.41, 5.74) is 1.36. The molecule has 16 heavy (non-hydrogen) atoms. The number of allylic oxidation sites excluding steroid dienone is 1. The Bertz CT molecular complexity index is 390. The van der Waals surface area contributed by atoms with Crippen molar-refractivity contribution in [3.05, 3.63) is 11.1 Å². The van der Waals surface area contributed by atoms with Crippen molar-refractivity contribution in [2.75, 3.05) is 7.05 Å². The molecule has 0 unspecified atom stereocenters. The van der Waals surface area contributed by atoms with E-state index in [0.717, 1.165) is 31.3 Å². The molecule has 2 N–H and O–H groups in total. The first kappa shape index (κ1) is 10.9. The molecule has 0 aromatic rings. The standard InChI is InChI=1S/C11H14N2O3/c1-12-9(14)8-7(6-4-2-3-5-6)10(15)13-11(8)16/h8H,2-5H2,1H3,(H,12,14)(H,13,15,16)/t8-/m0/s1. The Morgan fingerprint density at radius 2 is 1.94 bits per heavy atom. The molecule has 2 aliphatic rings. The van der Waals surface area contributed by atoms with Gasteiger partial charge in [0.2, 0.25) is 11.8 Å². The van der Waals surface area contributed by atoms with Gasteiger partial charge in [-0.3, -0.25) is 19.7 Å². The Balaban J connectivity index is 2.40. The van der Waals surface area contributed by atoms with Crippen molar-refractivity contribution in [2.24, 2.45) is 5.92 Å². The summed E-state index contributed by atoms with van der Waals surface area (Å²) in [5.74, 6) is -2.24. The minimum absolute atomic E-state index is 0.391. The van der Waals surface area contributed by atoms with Gasteiger partial charge < -0.3 is 5.32 Å². The molecule has 1 saturated carbocycles. The maximum atomic E-state index is 11.6. The first-order valence-corrected chi connectivity index (χ1v) is 5.44. The Hall–Kier alpha value is -1.65. The van der Waals surface area contributed by atoms with Crippen molar-refractivity contribution >= 4 is 17.7 Å². The van der Waals surface area contributed by atoms with Gasteiger partial charge in [0.15, 0.2) is 0 Å². The first-order valence-electron chi connectivity index (χ1n) is 5.44. The van der Waals surface area contributed by atoms with Gasteiger partial charge in [-0.1, -0.05) is 5.57 Å². The molecular weight excluding hydrogens is 208 g/mol. The van der Waals surface area contributed by atoms with Crippen LogP contribution in [-0.4, -0.2) is 24.8 Å². The summed E-state index contributed by atoms with van der Waals surface area (Å²) in [6.45, 7) is 0. The van der Waals surface area contributed by atoms with E-state index in [2.05, 4.69) is 10.6 Å². The topological polar surface area (TPSA) is 75.3 Å². The SMILES string of the molecule is CNC(=O)[C@H]1C(=O)NC(=O)C1=C1CCCC1. The van der Waals surface area contributed by atoms with Gasteiger partial charge in [-0.25, -0.2) is 0 Å². The molecule has 0 spiro atoms. The fraction of sp³-hybridized carbons (Fsp3) is 0.545. The second kappa shape index (κ2) is 4.08. The third-order valence-electron chi connectivity index (χ3n) is 3.13. The fourth-order valence-corrected chi connectivity index (χ4v) is 2.34. The second-order valence-electron chi connectivity index (χ2n) is 4.09. The van der Waals surface area contributed by atoms with E-state index in [-0.39, 0.29) is 0 Å². The Kier molecular flexibility index (Phi) is 2.77. The molecule has 0 bridgehead atoms. The normalized spacial score (nSPS) is 24.9. The van der Waals surface area contributed by atoms with Crippen molar-refractivity contribution in [1.82, 2.24) is 10.6 Å². The lowest BCUT2D eigenvalue weighted by molar-refractivity contribution is -0.131. The van der Waals surface area contributed by atoms with Gasteiger partial charge in [-0.2, -0.15) is 0 Å². The lowest BCUT2D eigenvalue weighted by Gasteiger charge is -2.08. The zero-order valence-electron chi connectivity index (χ0n) is 9.13. The van der Waals surface area contributed by atoms with Crippen LogP contribution in [0.5, 0.6) is 0 Å². The molecule has 0 aromatic heterocycles. The average Bonchev–Trinajstić information content (AvgIpc) is 2.84. The molecule has 5 heteroatoms. The maximum absolute atomic E-state index is 11.6. The van der Waals surface area contributed by atoms with Gasteiger partial charge in [-0.15, -0.1) is 0 Å². The summed E-state index contributed by atoms with van der Waals surface area (Å²) in [6, 6.07) is 0. The quantitative estimate of drug-likeness (QED) is 0.369. The summed E-state index contributed by atoms with van der Waals surface area (Å²) >= 11 is 0. The van der Waals surface area contributed by atoms with Gasteiger partial charge in [-0.05, 0) is 25.7 Å². The summed E-state index contributed by atoms with van der Waals surface area (Å²) < 4.78 is 0. The minimum atomic E-state index is -0.939. The van der Waals surface area contributed by atoms with Crippen LogP contribution in [0.4, 0.5) is 0 Å². The molecule has 5 nitrogen and oxygen atoms in total. The highest BCUT2D eigenvalue weighted by molar-refractivity contribution is 6.23. The summed E-state index contributed by atoms with van der Waals surface area (Å²) in [5, 5.41) is 4.64. The number of carbonyl (C=O) groups excluding carboxylic acids is 3. The third-order valence-corrected chi connectivity index (χ3v) is 3.13. The van der Waals surface area contributed by atoms with Crippen LogP contribution in [0.3, 0.4) is 0 Å². The van der Waals surface area contributed by atoms with E-state index in [1.165, 1.54) is 7.05 Å². The van der Waals surface area contributed by atoms with E-state index < -0.39 is 23.6 Å². The monoisotopic (exact) mass is 222 g/mol. The average molecular weight is 222 g/mol. The molecule has 1 saturated heterocycles. The van der Waals surface area contributed by atoms with Crippen molar-refractivity contribution in [1.29, 1.82) is 0 Å². The molecule has 2 rings (SSSR count). The molecule has 0 aromatic carbocycles. The Morgan fingerprint density at radius 3 is 2.50 bits per heavy atom. The second-order valence-corrected chi connectivity index (χ2v) is 4.09. The number of imide groups is 1. The maximum Gasteiger partial charge on any atom is 0.255 e. The van der Waals surface area contributed by atoms with Crippen molar-refractivity contribution in [2.45, 2.75) is 25.7 Å². The summed E-state index contributed by atoms with van der Waals surface area (Å²) in [7, 11) is 1.47. The van der Waals surface area contributed by atoms with Crippen LogP contribution < -0.4 is 10.6 Å². The minimum Gasteiger partial charge on any atom is -0.358 e. The van der Waals surface area contributed by atoms with Crippen LogP contribution in [0, 0.1) is 5.92 Å². The number of carbonyl (C=O) groups is 3. The predicted molar refractivity (Wildman–Crippen MR) is 56.2 cm³/mol. The van der Waals surface area contributed by atoms with Crippen LogP contribution >= 0.6 is 0 Å². The first-order chi connectivity index (χ1) is 7.65. The number of amides is 3. The molecule has 1 aliphatic carbocycles. The van der Waals surface area contributed by atoms with Crippen LogP contribution in [-0.2, 0) is 14.4 Å². The molecule has 1 atom stereocenters. The number of nitrogens with one attached hydrogen (secondary N) is 2. The van der Waals surface area contributed by atoms with Gasteiger partial charge in [0, 0.05) is 12.6 Å². The van der Waals surface area contributed by atoms with Crippen LogP contribution in [0.2, 0.25) is 0 Å². The highest BCUT2D eigenvalue weighted by atomic mass is 16.2. The van der Waals surface area contributed by atoms with E-state index in [1.807, 2.05) is 0 Å². The van der Waals surface area contributed by atoms with Crippen LogP contribution in [0.15, 0.2) is 11.1 Å². The summed E-state index contributed by atoms with van der Waals surface area (Å²) in [4.78, 5) is 34.7. The number of hydrogen-bond acceptors (Lipinski definition) is 3. The Morgan fingerprint density at radius 1 is 1.31 bits per heavy atom. The zero-order chi connectivity index (χ0) is 11.7. The van der Waals surface area contributed by atoms with E-state index in [9.17, 15) is 14.4 Å². The fourth-order valence-electron chi connectivity index (χ4n) is 2.34. The van der Waals surface area contributed by atoms with Gasteiger partial charge in [0.25, 0.3) is 5.91 Å². The third kappa shape index (κ3) is 1.62. The van der Waals surface area contributed by atoms with E-state index in [4.69, 9.17) is 0 Å². The van der Waals surface area contributed by atoms with E-state index in [1.54, 1.807) is 0 Å². The molecule has 1 heterocycles. The molecule has 0 radical (unpaired) electrons. The van der Waals surface area contributed by atoms with Crippen molar-refractivity contribution in [3.8, 4) is 0 Å². The highest BCUT2D eigenvalue weighted by Crippen LogP contribution is 2.32. The lowest BCUT2D eigenvalue weighted by Crippen LogP contribution is -2.33. The molecular formula is C11H14N2O3. The number of rotatable bonds is 1. The van der Waals surface area contributed by atoms with Crippen molar-refractivity contribution in [3.63, 3.8) is 0 Å². The van der Waals surface area contributed by atoms with Crippen molar-refractivity contribution < 1.29 is 14.4 Å². The van der Waals surface area contributed by atoms with E-state index in [0.29, 0.717) is 5.57 Å². The zero-order valence-corrected chi connectivity index (χ0v) is 9.13. The van der Waals surface area contributed by atoms with Gasteiger partial charge in [0.05, 0.1) is 0 Å². The molecule has 3 amide bonds. The van der Waals surface area contributed by atoms with Crippen LogP contribution in [0.1, 0.15) is 25.7 Å². The highest BCUT2D eigenvalue weighted by Gasteiger charge is 2.42. The largest absolute Gasteiger partial charge is 0.358 e. The molecule has 86 valence electrons. The summed E-state index contributed by atoms with van der Waals surface area (Å²) in [6.07, 6.45) is 3.70. The molecule has 1 aliphatic heterocycles. The molecule has 2 fully saturated rings. The van der Waals surface area contributed by atoms with Gasteiger partial charge in [0.1, 0.15) is 5.92 Å². The lowest BCUT2D eigenvalue weighted by atomic mass is 9.94. The smallest absolute Gasteiger partial charge is 0.255 e. The van der Waals surface area contributed by atoms with E-state index >= 15 is 0 Å². The van der Waals surface area contributed by atoms with Crippen LogP contribution in [0.25, 0.3) is 0 Å². The number of hydrogen-bond donors (Lipinski definition) is 2. The predicted octanol–water partition coefficient (Wildman–Crippen LogP) is -0.124.